The lowest BCUT2D eigenvalue weighted by Gasteiger charge is -2.15. The van der Waals surface area contributed by atoms with E-state index in [0.717, 1.165) is 21.7 Å². The summed E-state index contributed by atoms with van der Waals surface area (Å²) in [6.45, 7) is 1.98. The normalized spacial score (nSPS) is 17.5. The van der Waals surface area contributed by atoms with Gasteiger partial charge < -0.3 is 10.6 Å². The number of amides is 2. The number of anilines is 1. The van der Waals surface area contributed by atoms with Crippen LogP contribution in [0.5, 0.6) is 0 Å². The molecular weight excluding hydrogens is 308 g/mol. The molecule has 1 aliphatic heterocycles. The van der Waals surface area contributed by atoms with Crippen LogP contribution in [0, 0.1) is 0 Å². The summed E-state index contributed by atoms with van der Waals surface area (Å²) in [7, 11) is 0. The summed E-state index contributed by atoms with van der Waals surface area (Å²) >= 11 is 1.52. The molecule has 2 N–H and O–H groups in total. The topological polar surface area (TPSA) is 58.2 Å². The molecule has 1 aliphatic carbocycles. The Bertz CT molecular complexity index is 792. The maximum absolute atomic E-state index is 12.6. The van der Waals surface area contributed by atoms with Gasteiger partial charge in [0.1, 0.15) is 0 Å². The summed E-state index contributed by atoms with van der Waals surface area (Å²) < 4.78 is 0. The molecule has 2 amide bonds. The lowest BCUT2D eigenvalue weighted by Crippen LogP contribution is -2.26. The van der Waals surface area contributed by atoms with Gasteiger partial charge in [-0.15, -0.1) is 11.3 Å². The maximum atomic E-state index is 12.6. The van der Waals surface area contributed by atoms with Gasteiger partial charge in [-0.2, -0.15) is 0 Å². The average molecular weight is 326 g/mol. The minimum atomic E-state index is -0.0855. The van der Waals surface area contributed by atoms with E-state index in [9.17, 15) is 9.59 Å². The molecule has 2 heterocycles. The van der Waals surface area contributed by atoms with Crippen molar-refractivity contribution in [1.82, 2.24) is 5.32 Å². The second kappa shape index (κ2) is 5.49. The Kier molecular flexibility index (Phi) is 3.45. The molecule has 1 aromatic heterocycles. The van der Waals surface area contributed by atoms with Gasteiger partial charge in [-0.3, -0.25) is 9.59 Å². The van der Waals surface area contributed by atoms with Crippen molar-refractivity contribution in [2.45, 2.75) is 38.1 Å². The number of rotatable bonds is 4. The Morgan fingerprint density at radius 2 is 2.17 bits per heavy atom. The Balaban J connectivity index is 1.50. The molecule has 0 radical (unpaired) electrons. The summed E-state index contributed by atoms with van der Waals surface area (Å²) in [4.78, 5) is 24.8. The monoisotopic (exact) mass is 326 g/mol. The molecule has 2 aliphatic rings. The fourth-order valence-electron chi connectivity index (χ4n) is 3.08. The van der Waals surface area contributed by atoms with E-state index in [2.05, 4.69) is 16.7 Å². The van der Waals surface area contributed by atoms with Gasteiger partial charge in [-0.25, -0.2) is 0 Å². The van der Waals surface area contributed by atoms with E-state index in [0.29, 0.717) is 12.3 Å². The van der Waals surface area contributed by atoms with Gasteiger partial charge in [-0.05, 0) is 59.9 Å². The molecule has 4 nitrogen and oxygen atoms in total. The van der Waals surface area contributed by atoms with Crippen LogP contribution in [0.2, 0.25) is 0 Å². The lowest BCUT2D eigenvalue weighted by atomic mass is 10.0. The van der Waals surface area contributed by atoms with Crippen LogP contribution in [0.4, 0.5) is 5.69 Å². The fourth-order valence-corrected chi connectivity index (χ4v) is 3.97. The van der Waals surface area contributed by atoms with Gasteiger partial charge in [0.05, 0.1) is 17.3 Å². The van der Waals surface area contributed by atoms with Gasteiger partial charge in [0.25, 0.3) is 5.91 Å². The van der Waals surface area contributed by atoms with Crippen molar-refractivity contribution in [1.29, 1.82) is 0 Å². The molecule has 1 saturated carbocycles. The highest BCUT2D eigenvalue weighted by Gasteiger charge is 2.29. The minimum absolute atomic E-state index is 0.00380. The highest BCUT2D eigenvalue weighted by Crippen LogP contribution is 2.43. The predicted molar refractivity (Wildman–Crippen MR) is 91.0 cm³/mol. The van der Waals surface area contributed by atoms with Crippen LogP contribution >= 0.6 is 11.3 Å². The largest absolute Gasteiger partial charge is 0.345 e. The Labute approximate surface area is 138 Å². The first-order chi connectivity index (χ1) is 11.1. The van der Waals surface area contributed by atoms with Crippen molar-refractivity contribution in [2.75, 3.05) is 5.32 Å². The van der Waals surface area contributed by atoms with Gasteiger partial charge in [0.2, 0.25) is 5.91 Å². The number of thiophene rings is 1. The number of hydrogen-bond acceptors (Lipinski definition) is 3. The molecule has 0 spiro atoms. The summed E-state index contributed by atoms with van der Waals surface area (Å²) in [5, 5.41) is 7.92. The molecule has 1 fully saturated rings. The molecule has 118 valence electrons. The molecule has 0 bridgehead atoms. The molecule has 4 rings (SSSR count). The van der Waals surface area contributed by atoms with Crippen molar-refractivity contribution in [3.8, 4) is 0 Å². The van der Waals surface area contributed by atoms with Gasteiger partial charge >= 0.3 is 0 Å². The Morgan fingerprint density at radius 3 is 2.96 bits per heavy atom. The standard InChI is InChI=1S/C18H18N2O2S/c1-10(12-4-5-15-13(8-12)9-16(21)20-15)19-18(22)17-14(6-7-23-17)11-2-3-11/h4-8,10-11H,2-3,9H2,1H3,(H,19,22)(H,20,21)/t10-/m1/s1. The molecule has 1 aromatic carbocycles. The summed E-state index contributed by atoms with van der Waals surface area (Å²) in [6.07, 6.45) is 2.80. The van der Waals surface area contributed by atoms with Crippen LogP contribution in [-0.2, 0) is 11.2 Å². The van der Waals surface area contributed by atoms with Crippen LogP contribution in [0.1, 0.15) is 58.1 Å². The van der Waals surface area contributed by atoms with Crippen LogP contribution in [-0.4, -0.2) is 11.8 Å². The number of benzene rings is 1. The van der Waals surface area contributed by atoms with Gasteiger partial charge in [0.15, 0.2) is 0 Å². The van der Waals surface area contributed by atoms with E-state index in [1.165, 1.54) is 29.7 Å². The zero-order valence-corrected chi connectivity index (χ0v) is 13.7. The van der Waals surface area contributed by atoms with Crippen LogP contribution < -0.4 is 10.6 Å². The van der Waals surface area contributed by atoms with Crippen molar-refractivity contribution in [3.63, 3.8) is 0 Å². The number of nitrogens with one attached hydrogen (secondary N) is 2. The van der Waals surface area contributed by atoms with Crippen LogP contribution in [0.25, 0.3) is 0 Å². The summed E-state index contributed by atoms with van der Waals surface area (Å²) in [6, 6.07) is 7.88. The van der Waals surface area contributed by atoms with E-state index in [1.807, 2.05) is 30.5 Å². The zero-order chi connectivity index (χ0) is 16.0. The van der Waals surface area contributed by atoms with Gasteiger partial charge in [0, 0.05) is 5.69 Å². The van der Waals surface area contributed by atoms with E-state index in [-0.39, 0.29) is 17.9 Å². The third-order valence-electron chi connectivity index (χ3n) is 4.52. The van der Waals surface area contributed by atoms with Crippen molar-refractivity contribution < 1.29 is 9.59 Å². The van der Waals surface area contributed by atoms with Crippen LogP contribution in [0.15, 0.2) is 29.6 Å². The number of carbonyl (C=O) groups is 2. The van der Waals surface area contributed by atoms with Crippen molar-refractivity contribution in [3.05, 3.63) is 51.2 Å². The van der Waals surface area contributed by atoms with E-state index in [1.54, 1.807) is 0 Å². The molecule has 23 heavy (non-hydrogen) atoms. The van der Waals surface area contributed by atoms with Crippen LogP contribution in [0.3, 0.4) is 0 Å². The second-order valence-corrected chi connectivity index (χ2v) is 7.23. The highest BCUT2D eigenvalue weighted by atomic mass is 32.1. The second-order valence-electron chi connectivity index (χ2n) is 6.32. The Hall–Kier alpha value is -2.14. The van der Waals surface area contributed by atoms with Crippen molar-refractivity contribution >= 4 is 28.8 Å². The first kappa shape index (κ1) is 14.5. The number of carbonyl (C=O) groups excluding carboxylic acids is 2. The van der Waals surface area contributed by atoms with E-state index >= 15 is 0 Å². The lowest BCUT2D eigenvalue weighted by molar-refractivity contribution is -0.115. The quantitative estimate of drug-likeness (QED) is 0.902. The molecular formula is C18H18N2O2S. The molecule has 0 unspecified atom stereocenters. The first-order valence-electron chi connectivity index (χ1n) is 7.93. The summed E-state index contributed by atoms with van der Waals surface area (Å²) in [5.41, 5.74) is 4.11. The maximum Gasteiger partial charge on any atom is 0.262 e. The van der Waals surface area contributed by atoms with Crippen molar-refractivity contribution in [2.24, 2.45) is 0 Å². The molecule has 1 atom stereocenters. The summed E-state index contributed by atoms with van der Waals surface area (Å²) in [5.74, 6) is 0.611. The molecule has 5 heteroatoms. The fraction of sp³-hybridized carbons (Fsp3) is 0.333. The zero-order valence-electron chi connectivity index (χ0n) is 12.9. The van der Waals surface area contributed by atoms with Gasteiger partial charge in [-0.1, -0.05) is 12.1 Å². The highest BCUT2D eigenvalue weighted by molar-refractivity contribution is 7.12. The minimum Gasteiger partial charge on any atom is -0.345 e. The smallest absolute Gasteiger partial charge is 0.262 e. The third kappa shape index (κ3) is 2.77. The van der Waals surface area contributed by atoms with E-state index < -0.39 is 0 Å². The first-order valence-corrected chi connectivity index (χ1v) is 8.80. The average Bonchev–Trinajstić information content (AvgIpc) is 3.12. The molecule has 2 aromatic rings. The SMILES string of the molecule is C[C@@H](NC(=O)c1sccc1C1CC1)c1ccc2c(c1)CC(=O)N2. The third-order valence-corrected chi connectivity index (χ3v) is 5.45. The van der Waals surface area contributed by atoms with E-state index in [4.69, 9.17) is 0 Å². The number of hydrogen-bond donors (Lipinski definition) is 2. The molecule has 0 saturated heterocycles. The predicted octanol–water partition coefficient (Wildman–Crippen LogP) is 3.61. The Morgan fingerprint density at radius 1 is 1.35 bits per heavy atom. The number of fused-ring (bicyclic) bond motifs is 1.